The quantitative estimate of drug-likeness (QED) is 0.735. The van der Waals surface area contributed by atoms with Crippen molar-refractivity contribution >= 4 is 5.97 Å². The number of rotatable bonds is 1. The van der Waals surface area contributed by atoms with Crippen LogP contribution in [0.2, 0.25) is 0 Å². The molecule has 0 aliphatic rings. The summed E-state index contributed by atoms with van der Waals surface area (Å²) in [7, 11) is 0. The van der Waals surface area contributed by atoms with Crippen LogP contribution in [0.25, 0.3) is 0 Å². The van der Waals surface area contributed by atoms with Crippen LogP contribution in [-0.4, -0.2) is 11.1 Å². The van der Waals surface area contributed by atoms with Crippen molar-refractivity contribution in [3.05, 3.63) is 48.6 Å². The van der Waals surface area contributed by atoms with Gasteiger partial charge in [-0.3, -0.25) is 0 Å². The fraction of sp³-hybridized carbons (Fsp3) is 0.100. The van der Waals surface area contributed by atoms with E-state index in [1.54, 1.807) is 0 Å². The van der Waals surface area contributed by atoms with E-state index in [-0.39, 0.29) is 5.56 Å². The minimum absolute atomic E-state index is 0.366. The molecular weight excluding hydrogens is 209 g/mol. The highest BCUT2D eigenvalue weighted by Crippen LogP contribution is 2.29. The van der Waals surface area contributed by atoms with Crippen molar-refractivity contribution in [3.63, 3.8) is 0 Å². The molecule has 0 unspecified atom stereocenters. The van der Waals surface area contributed by atoms with Crippen LogP contribution in [0.3, 0.4) is 0 Å². The zero-order valence-corrected chi connectivity index (χ0v) is 7.71. The predicted molar refractivity (Wildman–Crippen MR) is 49.7 cm³/mol. The van der Waals surface area contributed by atoms with Crippen molar-refractivity contribution in [2.45, 2.75) is 6.18 Å². The Kier molecular flexibility index (Phi) is 4.57. The second kappa shape index (κ2) is 5.19. The summed E-state index contributed by atoms with van der Waals surface area (Å²) in [5, 5.41) is 8.41. The minimum Gasteiger partial charge on any atom is -0.478 e. The number of carboxylic acids is 1. The topological polar surface area (TPSA) is 37.3 Å². The van der Waals surface area contributed by atoms with Gasteiger partial charge in [0.05, 0.1) is 11.1 Å². The average Bonchev–Trinajstić information content (AvgIpc) is 2.20. The lowest BCUT2D eigenvalue weighted by atomic mass is 10.1. The minimum atomic E-state index is -4.49. The van der Waals surface area contributed by atoms with Crippen LogP contribution in [-0.2, 0) is 6.18 Å². The van der Waals surface area contributed by atoms with Gasteiger partial charge in [0.1, 0.15) is 0 Å². The summed E-state index contributed by atoms with van der Waals surface area (Å²) in [5.74, 6) is -1.37. The average molecular weight is 218 g/mol. The van der Waals surface area contributed by atoms with Gasteiger partial charge < -0.3 is 5.11 Å². The van der Waals surface area contributed by atoms with Gasteiger partial charge in [-0.05, 0) is 18.2 Å². The Morgan fingerprint density at radius 1 is 1.27 bits per heavy atom. The summed E-state index contributed by atoms with van der Waals surface area (Å²) in [6.07, 6.45) is -4.49. The highest BCUT2D eigenvalue weighted by atomic mass is 19.4. The SMILES string of the molecule is C=C.O=C(O)c1cccc(C(F)(F)F)c1. The lowest BCUT2D eigenvalue weighted by Crippen LogP contribution is -2.06. The molecule has 0 saturated carbocycles. The Balaban J connectivity index is 0.000000921. The number of carbonyl (C=O) groups is 1. The van der Waals surface area contributed by atoms with Crippen LogP contribution in [0.5, 0.6) is 0 Å². The zero-order chi connectivity index (χ0) is 12.1. The van der Waals surface area contributed by atoms with Crippen LogP contribution in [0, 0.1) is 0 Å². The first-order valence-corrected chi connectivity index (χ1v) is 3.82. The number of hydrogen-bond acceptors (Lipinski definition) is 1. The van der Waals surface area contributed by atoms with Gasteiger partial charge in [0, 0.05) is 0 Å². The van der Waals surface area contributed by atoms with E-state index in [9.17, 15) is 18.0 Å². The molecule has 0 amide bonds. The number of aromatic carboxylic acids is 1. The molecule has 0 aliphatic heterocycles. The van der Waals surface area contributed by atoms with E-state index >= 15 is 0 Å². The molecule has 0 bridgehead atoms. The summed E-state index contributed by atoms with van der Waals surface area (Å²) >= 11 is 0. The van der Waals surface area contributed by atoms with Gasteiger partial charge in [0.15, 0.2) is 0 Å². The first kappa shape index (κ1) is 13.2. The molecule has 2 nitrogen and oxygen atoms in total. The van der Waals surface area contributed by atoms with E-state index in [0.29, 0.717) is 6.07 Å². The van der Waals surface area contributed by atoms with E-state index in [0.717, 1.165) is 18.2 Å². The third-order valence-electron chi connectivity index (χ3n) is 1.44. The molecule has 0 heterocycles. The van der Waals surface area contributed by atoms with Crippen LogP contribution in [0.1, 0.15) is 15.9 Å². The fourth-order valence-corrected chi connectivity index (χ4v) is 0.829. The van der Waals surface area contributed by atoms with Crippen molar-refractivity contribution < 1.29 is 23.1 Å². The van der Waals surface area contributed by atoms with Gasteiger partial charge in [0.2, 0.25) is 0 Å². The van der Waals surface area contributed by atoms with E-state index in [2.05, 4.69) is 13.2 Å². The van der Waals surface area contributed by atoms with Gasteiger partial charge in [0.25, 0.3) is 0 Å². The third-order valence-corrected chi connectivity index (χ3v) is 1.44. The molecule has 0 aromatic heterocycles. The molecule has 0 aliphatic carbocycles. The number of alkyl halides is 3. The molecule has 1 N–H and O–H groups in total. The molecule has 0 fully saturated rings. The van der Waals surface area contributed by atoms with Gasteiger partial charge in [-0.2, -0.15) is 13.2 Å². The highest BCUT2D eigenvalue weighted by molar-refractivity contribution is 5.87. The summed E-state index contributed by atoms with van der Waals surface area (Å²) in [4.78, 5) is 10.3. The fourth-order valence-electron chi connectivity index (χ4n) is 0.829. The van der Waals surface area contributed by atoms with Gasteiger partial charge >= 0.3 is 12.1 Å². The molecule has 82 valence electrons. The molecular formula is C10H9F3O2. The molecule has 0 atom stereocenters. The van der Waals surface area contributed by atoms with E-state index < -0.39 is 17.7 Å². The Bertz CT molecular complexity index is 345. The van der Waals surface area contributed by atoms with Gasteiger partial charge in [-0.1, -0.05) is 6.07 Å². The van der Waals surface area contributed by atoms with E-state index in [4.69, 9.17) is 5.11 Å². The van der Waals surface area contributed by atoms with Crippen molar-refractivity contribution in [2.75, 3.05) is 0 Å². The largest absolute Gasteiger partial charge is 0.478 e. The summed E-state index contributed by atoms with van der Waals surface area (Å²) < 4.78 is 36.1. The normalized spacial score (nSPS) is 10.1. The lowest BCUT2D eigenvalue weighted by Gasteiger charge is -2.06. The van der Waals surface area contributed by atoms with Gasteiger partial charge in [-0.15, -0.1) is 13.2 Å². The molecule has 0 saturated heterocycles. The van der Waals surface area contributed by atoms with E-state index in [1.807, 2.05) is 0 Å². The molecule has 0 radical (unpaired) electrons. The van der Waals surface area contributed by atoms with Crippen LogP contribution < -0.4 is 0 Å². The second-order valence-electron chi connectivity index (χ2n) is 2.38. The Morgan fingerprint density at radius 3 is 2.20 bits per heavy atom. The predicted octanol–water partition coefficient (Wildman–Crippen LogP) is 3.21. The number of halogens is 3. The standard InChI is InChI=1S/C8H5F3O2.C2H4/c9-8(10,11)6-3-1-2-5(4-6)7(12)13;1-2/h1-4H,(H,12,13);1-2H2. The third kappa shape index (κ3) is 3.84. The zero-order valence-electron chi connectivity index (χ0n) is 7.71. The molecule has 1 rings (SSSR count). The van der Waals surface area contributed by atoms with Crippen LogP contribution >= 0.6 is 0 Å². The molecule has 15 heavy (non-hydrogen) atoms. The second-order valence-corrected chi connectivity index (χ2v) is 2.38. The summed E-state index contributed by atoms with van der Waals surface area (Å²) in [6, 6.07) is 3.60. The van der Waals surface area contributed by atoms with Crippen LogP contribution in [0.15, 0.2) is 37.4 Å². The summed E-state index contributed by atoms with van der Waals surface area (Å²) in [6.45, 7) is 6.00. The Morgan fingerprint density at radius 2 is 1.80 bits per heavy atom. The first-order chi connectivity index (χ1) is 6.91. The first-order valence-electron chi connectivity index (χ1n) is 3.82. The maximum Gasteiger partial charge on any atom is 0.416 e. The summed E-state index contributed by atoms with van der Waals surface area (Å²) in [5.41, 5.74) is -1.32. The highest BCUT2D eigenvalue weighted by Gasteiger charge is 2.30. The molecule has 0 spiro atoms. The van der Waals surface area contributed by atoms with Crippen molar-refractivity contribution in [1.29, 1.82) is 0 Å². The van der Waals surface area contributed by atoms with E-state index in [1.165, 1.54) is 0 Å². The molecule has 1 aromatic rings. The lowest BCUT2D eigenvalue weighted by molar-refractivity contribution is -0.137. The Labute approximate surface area is 84.7 Å². The van der Waals surface area contributed by atoms with Gasteiger partial charge in [-0.25, -0.2) is 4.79 Å². The molecule has 1 aromatic carbocycles. The van der Waals surface area contributed by atoms with Crippen molar-refractivity contribution in [2.24, 2.45) is 0 Å². The Hall–Kier alpha value is -1.78. The molecule has 5 heteroatoms. The van der Waals surface area contributed by atoms with Crippen molar-refractivity contribution in [3.8, 4) is 0 Å². The maximum atomic E-state index is 12.0. The number of hydrogen-bond donors (Lipinski definition) is 1. The monoisotopic (exact) mass is 218 g/mol. The number of benzene rings is 1. The van der Waals surface area contributed by atoms with Crippen molar-refractivity contribution in [1.82, 2.24) is 0 Å². The van der Waals surface area contributed by atoms with Crippen LogP contribution in [0.4, 0.5) is 13.2 Å². The smallest absolute Gasteiger partial charge is 0.416 e. The number of carboxylic acid groups (broad SMARTS) is 1. The maximum absolute atomic E-state index is 12.0.